The number of carbonyl (C=O) groups excluding carboxylic acids is 2. The minimum Gasteiger partial charge on any atom is -0.449 e. The lowest BCUT2D eigenvalue weighted by Crippen LogP contribution is -2.39. The van der Waals surface area contributed by atoms with Crippen molar-refractivity contribution < 1.29 is 26.9 Å². The van der Waals surface area contributed by atoms with Crippen LogP contribution in [0.5, 0.6) is 5.75 Å². The maximum Gasteiger partial charge on any atom is 0.339 e. The van der Waals surface area contributed by atoms with Crippen LogP contribution in [-0.4, -0.2) is 32.4 Å². The average Bonchev–Trinajstić information content (AvgIpc) is 2.63. The third-order valence-electron chi connectivity index (χ3n) is 3.99. The van der Waals surface area contributed by atoms with E-state index in [4.69, 9.17) is 8.92 Å². The van der Waals surface area contributed by atoms with Gasteiger partial charge in [-0.15, -0.1) is 0 Å². The molecule has 0 saturated heterocycles. The second-order valence-electron chi connectivity index (χ2n) is 7.04. The second kappa shape index (κ2) is 9.09. The van der Waals surface area contributed by atoms with Gasteiger partial charge in [0.15, 0.2) is 6.10 Å². The third-order valence-corrected chi connectivity index (χ3v) is 5.38. The Morgan fingerprint density at radius 3 is 2.17 bits per heavy atom. The van der Waals surface area contributed by atoms with Crippen molar-refractivity contribution in [3.63, 3.8) is 0 Å². The standard InChI is InChI=1S/C21H25NO6S/c1-13(2)22-20(23)16(5)27-21(24)17-8-10-18(11-9-17)28-29(25,26)19-12-14(3)6-7-15(19)4/h6-13,16H,1-5H3,(H,22,23). The van der Waals surface area contributed by atoms with E-state index in [2.05, 4.69) is 5.32 Å². The Kier molecular flexibility index (Phi) is 7.02. The fourth-order valence-electron chi connectivity index (χ4n) is 2.48. The molecule has 0 spiro atoms. The van der Waals surface area contributed by atoms with E-state index in [-0.39, 0.29) is 22.3 Å². The minimum absolute atomic E-state index is 0.0630. The number of hydrogen-bond acceptors (Lipinski definition) is 6. The number of hydrogen-bond donors (Lipinski definition) is 1. The van der Waals surface area contributed by atoms with Crippen LogP contribution < -0.4 is 9.50 Å². The Morgan fingerprint density at radius 1 is 0.966 bits per heavy atom. The summed E-state index contributed by atoms with van der Waals surface area (Å²) >= 11 is 0. The molecule has 0 aliphatic heterocycles. The van der Waals surface area contributed by atoms with Gasteiger partial charge in [-0.1, -0.05) is 12.1 Å². The van der Waals surface area contributed by atoms with Gasteiger partial charge in [-0.2, -0.15) is 8.42 Å². The highest BCUT2D eigenvalue weighted by molar-refractivity contribution is 7.87. The van der Waals surface area contributed by atoms with E-state index in [9.17, 15) is 18.0 Å². The average molecular weight is 419 g/mol. The number of nitrogens with one attached hydrogen (secondary N) is 1. The normalized spacial score (nSPS) is 12.3. The predicted molar refractivity (Wildman–Crippen MR) is 108 cm³/mol. The van der Waals surface area contributed by atoms with Crippen molar-refractivity contribution in [2.75, 3.05) is 0 Å². The number of amides is 1. The fourth-order valence-corrected chi connectivity index (χ4v) is 3.73. The van der Waals surface area contributed by atoms with Gasteiger partial charge in [0, 0.05) is 6.04 Å². The summed E-state index contributed by atoms with van der Waals surface area (Å²) in [7, 11) is -4.01. The van der Waals surface area contributed by atoms with Gasteiger partial charge < -0.3 is 14.2 Å². The smallest absolute Gasteiger partial charge is 0.339 e. The molecule has 1 unspecified atom stereocenters. The van der Waals surface area contributed by atoms with Gasteiger partial charge in [0.25, 0.3) is 5.91 Å². The van der Waals surface area contributed by atoms with Crippen molar-refractivity contribution in [1.29, 1.82) is 0 Å². The summed E-state index contributed by atoms with van der Waals surface area (Å²) in [4.78, 5) is 24.1. The highest BCUT2D eigenvalue weighted by Gasteiger charge is 2.21. The van der Waals surface area contributed by atoms with Crippen LogP contribution in [-0.2, 0) is 19.6 Å². The first-order chi connectivity index (χ1) is 13.5. The Hall–Kier alpha value is -2.87. The molecule has 0 radical (unpaired) electrons. The summed E-state index contributed by atoms with van der Waals surface area (Å²) in [6.45, 7) is 8.56. The van der Waals surface area contributed by atoms with Crippen molar-refractivity contribution in [3.05, 3.63) is 59.2 Å². The Labute approximate surface area is 171 Å². The molecule has 2 rings (SSSR count). The van der Waals surface area contributed by atoms with Crippen LogP contribution in [0.1, 0.15) is 42.3 Å². The third kappa shape index (κ3) is 6.05. The van der Waals surface area contributed by atoms with Crippen LogP contribution >= 0.6 is 0 Å². The van der Waals surface area contributed by atoms with E-state index < -0.39 is 28.1 Å². The molecule has 8 heteroatoms. The number of esters is 1. The molecule has 0 heterocycles. The largest absolute Gasteiger partial charge is 0.449 e. The molecule has 1 N–H and O–H groups in total. The Morgan fingerprint density at radius 2 is 1.59 bits per heavy atom. The maximum absolute atomic E-state index is 12.5. The highest BCUT2D eigenvalue weighted by Crippen LogP contribution is 2.23. The molecule has 0 aliphatic rings. The summed E-state index contributed by atoms with van der Waals surface area (Å²) in [6.07, 6.45) is -0.953. The van der Waals surface area contributed by atoms with E-state index >= 15 is 0 Å². The first-order valence-electron chi connectivity index (χ1n) is 9.13. The van der Waals surface area contributed by atoms with Crippen LogP contribution in [0, 0.1) is 13.8 Å². The summed E-state index contributed by atoms with van der Waals surface area (Å²) < 4.78 is 35.4. The molecule has 0 aromatic heterocycles. The lowest BCUT2D eigenvalue weighted by Gasteiger charge is -2.15. The molecule has 7 nitrogen and oxygen atoms in total. The number of benzene rings is 2. The van der Waals surface area contributed by atoms with E-state index in [1.54, 1.807) is 39.8 Å². The molecule has 1 atom stereocenters. The molecular formula is C21H25NO6S. The van der Waals surface area contributed by atoms with Crippen LogP contribution in [0.3, 0.4) is 0 Å². The van der Waals surface area contributed by atoms with Gasteiger partial charge in [0.1, 0.15) is 10.6 Å². The minimum atomic E-state index is -4.01. The molecular weight excluding hydrogens is 394 g/mol. The molecule has 0 fully saturated rings. The second-order valence-corrected chi connectivity index (χ2v) is 8.56. The summed E-state index contributed by atoms with van der Waals surface area (Å²) in [5.41, 5.74) is 1.54. The van der Waals surface area contributed by atoms with Gasteiger partial charge in [-0.25, -0.2) is 4.79 Å². The van der Waals surface area contributed by atoms with Crippen LogP contribution in [0.4, 0.5) is 0 Å². The molecule has 2 aromatic carbocycles. The molecule has 156 valence electrons. The van der Waals surface area contributed by atoms with Crippen molar-refractivity contribution in [3.8, 4) is 5.75 Å². The molecule has 2 aromatic rings. The molecule has 0 bridgehead atoms. The first kappa shape index (κ1) is 22.4. The zero-order valence-electron chi connectivity index (χ0n) is 17.1. The predicted octanol–water partition coefficient (Wildman–Crippen LogP) is 3.14. The van der Waals surface area contributed by atoms with Gasteiger partial charge >= 0.3 is 16.1 Å². The zero-order valence-corrected chi connectivity index (χ0v) is 17.9. The summed E-state index contributed by atoms with van der Waals surface area (Å²) in [5, 5.41) is 2.66. The van der Waals surface area contributed by atoms with E-state index in [1.165, 1.54) is 31.2 Å². The number of ether oxygens (including phenoxy) is 1. The van der Waals surface area contributed by atoms with E-state index in [0.29, 0.717) is 5.56 Å². The lowest BCUT2D eigenvalue weighted by atomic mass is 10.2. The van der Waals surface area contributed by atoms with Crippen LogP contribution in [0.2, 0.25) is 0 Å². The van der Waals surface area contributed by atoms with E-state index in [1.807, 2.05) is 6.07 Å². The number of carbonyl (C=O) groups is 2. The van der Waals surface area contributed by atoms with Crippen molar-refractivity contribution >= 4 is 22.0 Å². The van der Waals surface area contributed by atoms with Gasteiger partial charge in [-0.05, 0) is 76.1 Å². The zero-order chi connectivity index (χ0) is 21.8. The summed E-state index contributed by atoms with van der Waals surface area (Å²) in [5.74, 6) is -1.03. The molecule has 0 aliphatic carbocycles. The van der Waals surface area contributed by atoms with Gasteiger partial charge in [0.05, 0.1) is 5.56 Å². The van der Waals surface area contributed by atoms with Crippen LogP contribution in [0.25, 0.3) is 0 Å². The molecule has 29 heavy (non-hydrogen) atoms. The van der Waals surface area contributed by atoms with Gasteiger partial charge in [0.2, 0.25) is 0 Å². The van der Waals surface area contributed by atoms with E-state index in [0.717, 1.165) is 5.56 Å². The van der Waals surface area contributed by atoms with Crippen molar-refractivity contribution in [1.82, 2.24) is 5.32 Å². The van der Waals surface area contributed by atoms with Gasteiger partial charge in [-0.3, -0.25) is 4.79 Å². The Bertz CT molecular complexity index is 996. The quantitative estimate of drug-likeness (QED) is 0.547. The molecule has 1 amide bonds. The summed E-state index contributed by atoms with van der Waals surface area (Å²) in [6, 6.07) is 10.5. The Balaban J connectivity index is 2.09. The van der Waals surface area contributed by atoms with Crippen LogP contribution in [0.15, 0.2) is 47.4 Å². The molecule has 0 saturated carbocycles. The first-order valence-corrected chi connectivity index (χ1v) is 10.5. The van der Waals surface area contributed by atoms with Crippen molar-refractivity contribution in [2.45, 2.75) is 51.7 Å². The maximum atomic E-state index is 12.5. The SMILES string of the molecule is Cc1ccc(C)c(S(=O)(=O)Oc2ccc(C(=O)OC(C)C(=O)NC(C)C)cc2)c1. The monoisotopic (exact) mass is 419 g/mol. The fraction of sp³-hybridized carbons (Fsp3) is 0.333. The topological polar surface area (TPSA) is 98.8 Å². The highest BCUT2D eigenvalue weighted by atomic mass is 32.2. The number of rotatable bonds is 7. The number of aryl methyl sites for hydroxylation is 2. The lowest BCUT2D eigenvalue weighted by molar-refractivity contribution is -0.129. The van der Waals surface area contributed by atoms with Crippen molar-refractivity contribution in [2.24, 2.45) is 0 Å².